The van der Waals surface area contributed by atoms with Crippen LogP contribution in [0.5, 0.6) is 17.2 Å². The number of hydrogen-bond acceptors (Lipinski definition) is 5. The van der Waals surface area contributed by atoms with E-state index in [1.54, 1.807) is 73.9 Å². The number of halogens is 1. The fourth-order valence-corrected chi connectivity index (χ4v) is 2.87. The van der Waals surface area contributed by atoms with E-state index >= 15 is 0 Å². The lowest BCUT2D eigenvalue weighted by molar-refractivity contribution is -0.128. The predicted octanol–water partition coefficient (Wildman–Crippen LogP) is 5.53. The Labute approximate surface area is 185 Å². The average molecular weight is 429 g/mol. The van der Waals surface area contributed by atoms with E-state index < -0.39 is 5.97 Å². The second-order valence-electron chi connectivity index (χ2n) is 6.61. The van der Waals surface area contributed by atoms with Crippen molar-refractivity contribution in [2.45, 2.75) is 0 Å². The molecule has 0 aliphatic heterocycles. The molecule has 0 aliphatic carbocycles. The Hall–Kier alpha value is -4.37. The molecule has 0 amide bonds. The van der Waals surface area contributed by atoms with Crippen LogP contribution in [0.15, 0.2) is 72.8 Å². The lowest BCUT2D eigenvalue weighted by Gasteiger charge is -2.09. The van der Waals surface area contributed by atoms with Gasteiger partial charge < -0.3 is 14.2 Å². The van der Waals surface area contributed by atoms with Gasteiger partial charge in [0.1, 0.15) is 11.6 Å². The van der Waals surface area contributed by atoms with Gasteiger partial charge in [0.25, 0.3) is 0 Å². The number of nitriles is 1. The Kier molecular flexibility index (Phi) is 7.39. The van der Waals surface area contributed by atoms with Crippen LogP contribution in [0, 0.1) is 17.1 Å². The molecule has 0 atom stereocenters. The van der Waals surface area contributed by atoms with Gasteiger partial charge in [-0.25, -0.2) is 9.18 Å². The van der Waals surface area contributed by atoms with Gasteiger partial charge in [0, 0.05) is 6.08 Å². The van der Waals surface area contributed by atoms with Crippen LogP contribution in [0.2, 0.25) is 0 Å². The SMILES string of the molecule is COc1ccc(/C(C#N)=C\c2ccc(OC(=O)/C=C/c3ccc(F)cc3)cc2)cc1OC. The summed E-state index contributed by atoms with van der Waals surface area (Å²) in [5, 5.41) is 9.58. The number of ether oxygens (including phenoxy) is 3. The normalized spacial score (nSPS) is 11.1. The molecule has 3 aromatic rings. The van der Waals surface area contributed by atoms with Crippen LogP contribution >= 0.6 is 0 Å². The molecule has 0 saturated carbocycles. The van der Waals surface area contributed by atoms with E-state index in [0.717, 1.165) is 5.56 Å². The molecule has 6 heteroatoms. The number of carbonyl (C=O) groups excluding carboxylic acids is 1. The lowest BCUT2D eigenvalue weighted by Crippen LogP contribution is -2.03. The molecule has 0 aliphatic rings. The summed E-state index contributed by atoms with van der Waals surface area (Å²) in [6, 6.07) is 19.9. The molecule has 0 saturated heterocycles. The molecule has 3 aromatic carbocycles. The highest BCUT2D eigenvalue weighted by Gasteiger charge is 2.08. The van der Waals surface area contributed by atoms with E-state index in [1.165, 1.54) is 25.3 Å². The van der Waals surface area contributed by atoms with Gasteiger partial charge in [0.15, 0.2) is 11.5 Å². The van der Waals surface area contributed by atoms with Gasteiger partial charge in [0.05, 0.1) is 25.9 Å². The van der Waals surface area contributed by atoms with Crippen molar-refractivity contribution in [3.05, 3.63) is 95.3 Å². The van der Waals surface area contributed by atoms with Crippen LogP contribution in [0.25, 0.3) is 17.7 Å². The number of esters is 1. The topological polar surface area (TPSA) is 68.5 Å². The Morgan fingerprint density at radius 2 is 1.56 bits per heavy atom. The Morgan fingerprint density at radius 3 is 2.19 bits per heavy atom. The third kappa shape index (κ3) is 5.83. The average Bonchev–Trinajstić information content (AvgIpc) is 2.82. The minimum atomic E-state index is -0.555. The molecule has 0 N–H and O–H groups in total. The van der Waals surface area contributed by atoms with Gasteiger partial charge in [-0.2, -0.15) is 5.26 Å². The van der Waals surface area contributed by atoms with E-state index in [1.807, 2.05) is 0 Å². The molecule has 0 aromatic heterocycles. The first-order valence-electron chi connectivity index (χ1n) is 9.62. The van der Waals surface area contributed by atoms with Crippen molar-refractivity contribution in [3.8, 4) is 23.3 Å². The fourth-order valence-electron chi connectivity index (χ4n) is 2.87. The maximum absolute atomic E-state index is 12.9. The molecule has 3 rings (SSSR count). The second kappa shape index (κ2) is 10.6. The van der Waals surface area contributed by atoms with Gasteiger partial charge in [-0.1, -0.05) is 24.3 Å². The van der Waals surface area contributed by atoms with Gasteiger partial charge in [-0.3, -0.25) is 0 Å². The number of carbonyl (C=O) groups is 1. The summed E-state index contributed by atoms with van der Waals surface area (Å²) in [6.07, 6.45) is 4.54. The van der Waals surface area contributed by atoms with Crippen LogP contribution in [0.4, 0.5) is 4.39 Å². The Bertz CT molecular complexity index is 1190. The van der Waals surface area contributed by atoms with Gasteiger partial charge in [-0.05, 0) is 71.3 Å². The Balaban J connectivity index is 1.70. The highest BCUT2D eigenvalue weighted by molar-refractivity contribution is 5.91. The van der Waals surface area contributed by atoms with Crippen molar-refractivity contribution in [2.24, 2.45) is 0 Å². The lowest BCUT2D eigenvalue weighted by atomic mass is 10.0. The molecule has 160 valence electrons. The van der Waals surface area contributed by atoms with Gasteiger partial charge >= 0.3 is 5.97 Å². The molecule has 0 bridgehead atoms. The number of nitrogens with zero attached hydrogens (tertiary/aromatic N) is 1. The Morgan fingerprint density at radius 1 is 0.906 bits per heavy atom. The summed E-state index contributed by atoms with van der Waals surface area (Å²) in [7, 11) is 3.08. The molecular weight excluding hydrogens is 409 g/mol. The molecule has 0 fully saturated rings. The summed E-state index contributed by atoms with van der Waals surface area (Å²) in [5.74, 6) is 0.570. The van der Waals surface area contributed by atoms with Crippen molar-refractivity contribution >= 4 is 23.7 Å². The van der Waals surface area contributed by atoms with Crippen molar-refractivity contribution in [3.63, 3.8) is 0 Å². The standard InChI is InChI=1S/C26H20FNO4/c1-30-24-13-8-20(16-25(24)31-2)21(17-28)15-19-5-11-23(12-6-19)32-26(29)14-7-18-3-9-22(27)10-4-18/h3-16H,1-2H3/b14-7+,21-15-. The third-order valence-corrected chi connectivity index (χ3v) is 4.51. The predicted molar refractivity (Wildman–Crippen MR) is 121 cm³/mol. The third-order valence-electron chi connectivity index (χ3n) is 4.51. The minimum Gasteiger partial charge on any atom is -0.493 e. The van der Waals surface area contributed by atoms with E-state index in [0.29, 0.717) is 33.9 Å². The molecule has 0 spiro atoms. The highest BCUT2D eigenvalue weighted by Crippen LogP contribution is 2.31. The molecule has 5 nitrogen and oxygen atoms in total. The molecular formula is C26H20FNO4. The van der Waals surface area contributed by atoms with E-state index in [9.17, 15) is 14.4 Å². The zero-order valence-corrected chi connectivity index (χ0v) is 17.5. The van der Waals surface area contributed by atoms with E-state index in [-0.39, 0.29) is 5.82 Å². The summed E-state index contributed by atoms with van der Waals surface area (Å²) >= 11 is 0. The monoisotopic (exact) mass is 429 g/mol. The number of hydrogen-bond donors (Lipinski definition) is 0. The van der Waals surface area contributed by atoms with Crippen molar-refractivity contribution in [2.75, 3.05) is 14.2 Å². The number of allylic oxidation sites excluding steroid dienone is 1. The van der Waals surface area contributed by atoms with Gasteiger partial charge in [0.2, 0.25) is 0 Å². The van der Waals surface area contributed by atoms with Crippen LogP contribution in [0.3, 0.4) is 0 Å². The first-order valence-corrected chi connectivity index (χ1v) is 9.62. The van der Waals surface area contributed by atoms with Crippen LogP contribution in [0.1, 0.15) is 16.7 Å². The van der Waals surface area contributed by atoms with Crippen molar-refractivity contribution in [1.82, 2.24) is 0 Å². The van der Waals surface area contributed by atoms with Crippen molar-refractivity contribution < 1.29 is 23.4 Å². The zero-order chi connectivity index (χ0) is 22.9. The maximum Gasteiger partial charge on any atom is 0.336 e. The van der Waals surface area contributed by atoms with Gasteiger partial charge in [-0.15, -0.1) is 0 Å². The molecule has 0 heterocycles. The van der Waals surface area contributed by atoms with Crippen molar-refractivity contribution in [1.29, 1.82) is 5.26 Å². The summed E-state index contributed by atoms with van der Waals surface area (Å²) < 4.78 is 28.7. The van der Waals surface area contributed by atoms with Crippen LogP contribution < -0.4 is 14.2 Å². The van der Waals surface area contributed by atoms with E-state index in [4.69, 9.17) is 14.2 Å². The summed E-state index contributed by atoms with van der Waals surface area (Å²) in [4.78, 5) is 12.0. The summed E-state index contributed by atoms with van der Waals surface area (Å²) in [5.41, 5.74) is 2.57. The minimum absolute atomic E-state index is 0.343. The zero-order valence-electron chi connectivity index (χ0n) is 17.5. The number of rotatable bonds is 7. The number of benzene rings is 3. The first kappa shape index (κ1) is 22.3. The first-order chi connectivity index (χ1) is 15.5. The number of methoxy groups -OCH3 is 2. The smallest absolute Gasteiger partial charge is 0.336 e. The molecule has 0 unspecified atom stereocenters. The fraction of sp³-hybridized carbons (Fsp3) is 0.0769. The largest absolute Gasteiger partial charge is 0.493 e. The van der Waals surface area contributed by atoms with Crippen LogP contribution in [-0.4, -0.2) is 20.2 Å². The summed E-state index contributed by atoms with van der Waals surface area (Å²) in [6.45, 7) is 0. The second-order valence-corrected chi connectivity index (χ2v) is 6.61. The highest BCUT2D eigenvalue weighted by atomic mass is 19.1. The maximum atomic E-state index is 12.9. The molecule has 32 heavy (non-hydrogen) atoms. The molecule has 0 radical (unpaired) electrons. The van der Waals surface area contributed by atoms with Crippen LogP contribution in [-0.2, 0) is 4.79 Å². The van der Waals surface area contributed by atoms with E-state index in [2.05, 4.69) is 6.07 Å². The quantitative estimate of drug-likeness (QED) is 0.162.